The highest BCUT2D eigenvalue weighted by atomic mass is 16.5. The van der Waals surface area contributed by atoms with Gasteiger partial charge in [0.15, 0.2) is 0 Å². The number of hydrogen-bond donors (Lipinski definition) is 1. The van der Waals surface area contributed by atoms with Crippen molar-refractivity contribution in [1.29, 1.82) is 0 Å². The van der Waals surface area contributed by atoms with Crippen molar-refractivity contribution >= 4 is 0 Å². The topological polar surface area (TPSA) is 58.3 Å². The molecule has 3 rings (SSSR count). The van der Waals surface area contributed by atoms with Crippen LogP contribution in [0.2, 0.25) is 0 Å². The lowest BCUT2D eigenvalue weighted by Crippen LogP contribution is -2.52. The zero-order chi connectivity index (χ0) is 19.9. The number of aliphatic hydroxyl groups excluding tert-OH is 1. The summed E-state index contributed by atoms with van der Waals surface area (Å²) in [6, 6.07) is 10.7. The number of hydrogen-bond acceptors (Lipinski definition) is 6. The van der Waals surface area contributed by atoms with Crippen LogP contribution in [0.4, 0.5) is 0 Å². The summed E-state index contributed by atoms with van der Waals surface area (Å²) in [5.74, 6) is 2.80. The highest BCUT2D eigenvalue weighted by Crippen LogP contribution is 2.23. The Bertz CT molecular complexity index is 746. The fourth-order valence-electron chi connectivity index (χ4n) is 3.96. The molecule has 1 N–H and O–H groups in total. The Morgan fingerprint density at radius 3 is 2.68 bits per heavy atom. The number of ether oxygens (including phenoxy) is 2. The third kappa shape index (κ3) is 5.35. The van der Waals surface area contributed by atoms with Gasteiger partial charge in [0.25, 0.3) is 0 Å². The summed E-state index contributed by atoms with van der Waals surface area (Å²) in [4.78, 5) is 4.89. The number of rotatable bonds is 9. The predicted octanol–water partition coefficient (Wildman–Crippen LogP) is 2.81. The van der Waals surface area contributed by atoms with Gasteiger partial charge in [0, 0.05) is 51.5 Å². The van der Waals surface area contributed by atoms with Crippen molar-refractivity contribution in [3.8, 4) is 5.75 Å². The van der Waals surface area contributed by atoms with Crippen molar-refractivity contribution in [3.63, 3.8) is 0 Å². The van der Waals surface area contributed by atoms with E-state index in [4.69, 9.17) is 13.9 Å². The molecule has 0 radical (unpaired) electrons. The summed E-state index contributed by atoms with van der Waals surface area (Å²) in [7, 11) is 3.39. The van der Waals surface area contributed by atoms with Crippen LogP contribution >= 0.6 is 0 Å². The van der Waals surface area contributed by atoms with Gasteiger partial charge in [0.1, 0.15) is 17.3 Å². The summed E-state index contributed by atoms with van der Waals surface area (Å²) >= 11 is 0. The molecule has 0 spiro atoms. The third-order valence-corrected chi connectivity index (χ3v) is 5.36. The smallest absolute Gasteiger partial charge is 0.124 e. The summed E-state index contributed by atoms with van der Waals surface area (Å²) in [6.07, 6.45) is 0.772. The Morgan fingerprint density at radius 2 is 2.00 bits per heavy atom. The molecule has 1 fully saturated rings. The fraction of sp³-hybridized carbons (Fsp3) is 0.545. The summed E-state index contributed by atoms with van der Waals surface area (Å²) in [6.45, 7) is 7.29. The molecule has 1 atom stereocenters. The molecule has 1 aliphatic rings. The van der Waals surface area contributed by atoms with E-state index in [1.807, 2.05) is 25.1 Å². The minimum atomic E-state index is 0.201. The SMILES string of the molecule is COCc1cc(CN2CCN(Cc3ccc(C)o3)C(CCO)C2)ccc1OC. The molecular weight excluding hydrogens is 356 g/mol. The molecule has 1 saturated heterocycles. The lowest BCUT2D eigenvalue weighted by molar-refractivity contribution is 0.0454. The number of piperazine rings is 1. The van der Waals surface area contributed by atoms with Crippen LogP contribution < -0.4 is 4.74 Å². The Balaban J connectivity index is 1.64. The summed E-state index contributed by atoms with van der Waals surface area (Å²) in [5.41, 5.74) is 2.33. The zero-order valence-electron chi connectivity index (χ0n) is 17.2. The van der Waals surface area contributed by atoms with Crippen LogP contribution in [-0.4, -0.2) is 61.4 Å². The maximum atomic E-state index is 9.54. The quantitative estimate of drug-likeness (QED) is 0.713. The maximum Gasteiger partial charge on any atom is 0.124 e. The van der Waals surface area contributed by atoms with Gasteiger partial charge in [-0.05, 0) is 43.2 Å². The molecule has 1 aliphatic heterocycles. The molecule has 6 heteroatoms. The Morgan fingerprint density at radius 1 is 1.14 bits per heavy atom. The standard InChI is InChI=1S/C22H32N2O4/c1-17-4-6-21(28-17)15-24-10-9-23(14-20(24)8-11-25)13-18-5-7-22(27-3)19(12-18)16-26-2/h4-7,12,20,25H,8-11,13-16H2,1-3H3. The zero-order valence-corrected chi connectivity index (χ0v) is 17.2. The van der Waals surface area contributed by atoms with E-state index in [9.17, 15) is 5.11 Å². The number of nitrogens with zero attached hydrogens (tertiary/aromatic N) is 2. The monoisotopic (exact) mass is 388 g/mol. The highest BCUT2D eigenvalue weighted by Gasteiger charge is 2.27. The van der Waals surface area contributed by atoms with Gasteiger partial charge in [-0.3, -0.25) is 9.80 Å². The minimum Gasteiger partial charge on any atom is -0.496 e. The second-order valence-electron chi connectivity index (χ2n) is 7.46. The Hall–Kier alpha value is -1.86. The molecule has 2 heterocycles. The normalized spacial score (nSPS) is 18.5. The molecule has 0 aliphatic carbocycles. The van der Waals surface area contributed by atoms with Crippen LogP contribution in [0.25, 0.3) is 0 Å². The lowest BCUT2D eigenvalue weighted by Gasteiger charge is -2.41. The number of aryl methyl sites for hydroxylation is 1. The van der Waals surface area contributed by atoms with Gasteiger partial charge < -0.3 is 19.0 Å². The largest absolute Gasteiger partial charge is 0.496 e. The molecule has 6 nitrogen and oxygen atoms in total. The molecule has 154 valence electrons. The van der Waals surface area contributed by atoms with Gasteiger partial charge >= 0.3 is 0 Å². The number of benzene rings is 1. The number of furan rings is 1. The molecule has 1 aromatic heterocycles. The fourth-order valence-corrected chi connectivity index (χ4v) is 3.96. The van der Waals surface area contributed by atoms with E-state index in [2.05, 4.69) is 21.9 Å². The molecule has 0 saturated carbocycles. The first kappa shape index (κ1) is 20.9. The molecule has 1 unspecified atom stereocenters. The summed E-state index contributed by atoms with van der Waals surface area (Å²) < 4.78 is 16.5. The first-order valence-corrected chi connectivity index (χ1v) is 9.90. The van der Waals surface area contributed by atoms with Crippen molar-refractivity contribution in [2.24, 2.45) is 0 Å². The van der Waals surface area contributed by atoms with Crippen LogP contribution in [-0.2, 0) is 24.4 Å². The van der Waals surface area contributed by atoms with Crippen LogP contribution in [0.3, 0.4) is 0 Å². The lowest BCUT2D eigenvalue weighted by atomic mass is 10.1. The minimum absolute atomic E-state index is 0.201. The van der Waals surface area contributed by atoms with Crippen molar-refractivity contribution in [2.75, 3.05) is 40.5 Å². The molecule has 0 amide bonds. The van der Waals surface area contributed by atoms with Crippen LogP contribution in [0.1, 0.15) is 29.1 Å². The number of methoxy groups -OCH3 is 2. The number of aliphatic hydroxyl groups is 1. The maximum absolute atomic E-state index is 9.54. The first-order valence-electron chi connectivity index (χ1n) is 9.90. The van der Waals surface area contributed by atoms with Gasteiger partial charge in [0.05, 0.1) is 20.3 Å². The van der Waals surface area contributed by atoms with Crippen molar-refractivity contribution in [1.82, 2.24) is 9.80 Å². The van der Waals surface area contributed by atoms with E-state index in [-0.39, 0.29) is 6.61 Å². The summed E-state index contributed by atoms with van der Waals surface area (Å²) in [5, 5.41) is 9.54. The molecule has 2 aromatic rings. The third-order valence-electron chi connectivity index (χ3n) is 5.36. The van der Waals surface area contributed by atoms with Gasteiger partial charge in [-0.1, -0.05) is 6.07 Å². The van der Waals surface area contributed by atoms with Crippen LogP contribution in [0.5, 0.6) is 5.75 Å². The average Bonchev–Trinajstić information content (AvgIpc) is 3.09. The second kappa shape index (κ2) is 10.1. The first-order chi connectivity index (χ1) is 13.6. The van der Waals surface area contributed by atoms with Gasteiger partial charge in [0.2, 0.25) is 0 Å². The van der Waals surface area contributed by atoms with E-state index in [0.717, 1.165) is 62.0 Å². The van der Waals surface area contributed by atoms with E-state index >= 15 is 0 Å². The van der Waals surface area contributed by atoms with E-state index < -0.39 is 0 Å². The predicted molar refractivity (Wildman–Crippen MR) is 108 cm³/mol. The average molecular weight is 389 g/mol. The van der Waals surface area contributed by atoms with E-state index in [1.54, 1.807) is 14.2 Å². The van der Waals surface area contributed by atoms with E-state index in [1.165, 1.54) is 5.56 Å². The van der Waals surface area contributed by atoms with Gasteiger partial charge in [-0.25, -0.2) is 0 Å². The van der Waals surface area contributed by atoms with E-state index in [0.29, 0.717) is 12.6 Å². The highest BCUT2D eigenvalue weighted by molar-refractivity contribution is 5.37. The Kier molecular flexibility index (Phi) is 7.50. The van der Waals surface area contributed by atoms with Crippen molar-refractivity contribution < 1.29 is 19.0 Å². The molecule has 1 aromatic carbocycles. The molecule has 0 bridgehead atoms. The Labute approximate surface area is 167 Å². The van der Waals surface area contributed by atoms with Crippen molar-refractivity contribution in [2.45, 2.75) is 39.1 Å². The molecular formula is C22H32N2O4. The van der Waals surface area contributed by atoms with Crippen LogP contribution in [0.15, 0.2) is 34.7 Å². The van der Waals surface area contributed by atoms with Crippen LogP contribution in [0, 0.1) is 6.92 Å². The van der Waals surface area contributed by atoms with Gasteiger partial charge in [-0.2, -0.15) is 0 Å². The second-order valence-corrected chi connectivity index (χ2v) is 7.46. The molecule has 28 heavy (non-hydrogen) atoms. The van der Waals surface area contributed by atoms with Gasteiger partial charge in [-0.15, -0.1) is 0 Å². The van der Waals surface area contributed by atoms with Crippen molar-refractivity contribution in [3.05, 3.63) is 53.0 Å².